The van der Waals surface area contributed by atoms with Crippen LogP contribution < -0.4 is 5.56 Å². The maximum absolute atomic E-state index is 12.9. The molecule has 4 nitrogen and oxygen atoms in total. The molecule has 0 bridgehead atoms. The summed E-state index contributed by atoms with van der Waals surface area (Å²) in [4.78, 5) is 21.0. The number of halogens is 3. The molecule has 1 aliphatic heterocycles. The SMILES string of the molecule is O=c1c2ccc(C(F)(F)F)cc2nc2n1CC/C2=C/c1cccnc1. The largest absolute Gasteiger partial charge is 0.416 e. The molecule has 0 unspecified atom stereocenters. The molecular weight excluding hydrogens is 331 g/mol. The van der Waals surface area contributed by atoms with Crippen molar-refractivity contribution in [1.29, 1.82) is 0 Å². The number of nitrogens with zero attached hydrogens (tertiary/aromatic N) is 3. The summed E-state index contributed by atoms with van der Waals surface area (Å²) >= 11 is 0. The van der Waals surface area contributed by atoms with Crippen LogP contribution in [-0.4, -0.2) is 14.5 Å². The van der Waals surface area contributed by atoms with Crippen LogP contribution >= 0.6 is 0 Å². The summed E-state index contributed by atoms with van der Waals surface area (Å²) < 4.78 is 40.3. The highest BCUT2D eigenvalue weighted by Crippen LogP contribution is 2.32. The minimum Gasteiger partial charge on any atom is -0.292 e. The van der Waals surface area contributed by atoms with Crippen LogP contribution in [0.25, 0.3) is 22.6 Å². The molecule has 4 rings (SSSR count). The summed E-state index contributed by atoms with van der Waals surface area (Å²) in [7, 11) is 0. The molecule has 0 spiro atoms. The molecule has 0 radical (unpaired) electrons. The summed E-state index contributed by atoms with van der Waals surface area (Å²) in [6, 6.07) is 6.70. The Kier molecular flexibility index (Phi) is 3.45. The number of hydrogen-bond acceptors (Lipinski definition) is 3. The van der Waals surface area contributed by atoms with E-state index in [-0.39, 0.29) is 16.5 Å². The van der Waals surface area contributed by atoms with E-state index in [4.69, 9.17) is 0 Å². The smallest absolute Gasteiger partial charge is 0.292 e. The number of rotatable bonds is 1. The molecule has 2 aromatic heterocycles. The van der Waals surface area contributed by atoms with E-state index in [1.807, 2.05) is 12.1 Å². The average Bonchev–Trinajstić information content (AvgIpc) is 2.98. The van der Waals surface area contributed by atoms with Crippen molar-refractivity contribution in [3.63, 3.8) is 0 Å². The number of pyridine rings is 1. The maximum atomic E-state index is 12.9. The highest BCUT2D eigenvalue weighted by molar-refractivity contribution is 5.85. The van der Waals surface area contributed by atoms with Crippen molar-refractivity contribution in [2.45, 2.75) is 19.1 Å². The summed E-state index contributed by atoms with van der Waals surface area (Å²) in [6.45, 7) is 0.463. The van der Waals surface area contributed by atoms with Gasteiger partial charge in [0.1, 0.15) is 5.82 Å². The van der Waals surface area contributed by atoms with Gasteiger partial charge in [-0.3, -0.25) is 14.3 Å². The molecule has 3 aromatic rings. The van der Waals surface area contributed by atoms with Gasteiger partial charge in [-0.2, -0.15) is 13.2 Å². The summed E-state index contributed by atoms with van der Waals surface area (Å²) in [5.74, 6) is 0.417. The second kappa shape index (κ2) is 5.54. The summed E-state index contributed by atoms with van der Waals surface area (Å²) in [5.41, 5.74) is 0.592. The van der Waals surface area contributed by atoms with Crippen LogP contribution in [0.4, 0.5) is 13.2 Å². The molecule has 0 N–H and O–H groups in total. The number of benzene rings is 1. The van der Waals surface area contributed by atoms with Gasteiger partial charge in [-0.15, -0.1) is 0 Å². The fraction of sp³-hybridized carbons (Fsp3) is 0.167. The van der Waals surface area contributed by atoms with Gasteiger partial charge < -0.3 is 0 Å². The third-order valence-corrected chi connectivity index (χ3v) is 4.20. The van der Waals surface area contributed by atoms with Crippen molar-refractivity contribution < 1.29 is 13.2 Å². The molecule has 0 atom stereocenters. The van der Waals surface area contributed by atoms with Crippen LogP contribution in [-0.2, 0) is 12.7 Å². The van der Waals surface area contributed by atoms with E-state index < -0.39 is 11.7 Å². The van der Waals surface area contributed by atoms with Crippen LogP contribution in [0.15, 0.2) is 47.5 Å². The van der Waals surface area contributed by atoms with Crippen molar-refractivity contribution >= 4 is 22.6 Å². The molecule has 0 saturated carbocycles. The zero-order valence-corrected chi connectivity index (χ0v) is 12.9. The average molecular weight is 343 g/mol. The summed E-state index contributed by atoms with van der Waals surface area (Å²) in [6.07, 6.45) is 1.31. The van der Waals surface area contributed by atoms with Gasteiger partial charge in [0, 0.05) is 18.9 Å². The van der Waals surface area contributed by atoms with Crippen molar-refractivity contribution in [1.82, 2.24) is 14.5 Å². The van der Waals surface area contributed by atoms with Crippen LogP contribution in [0.1, 0.15) is 23.4 Å². The molecule has 3 heterocycles. The Labute approximate surface area is 140 Å². The van der Waals surface area contributed by atoms with Crippen molar-refractivity contribution in [3.8, 4) is 0 Å². The van der Waals surface area contributed by atoms with E-state index in [0.717, 1.165) is 23.3 Å². The minimum atomic E-state index is -4.47. The lowest BCUT2D eigenvalue weighted by atomic mass is 10.1. The molecule has 1 aromatic carbocycles. The van der Waals surface area contributed by atoms with Gasteiger partial charge in [0.05, 0.1) is 16.5 Å². The van der Waals surface area contributed by atoms with E-state index in [1.54, 1.807) is 18.5 Å². The highest BCUT2D eigenvalue weighted by Gasteiger charge is 2.31. The predicted octanol–water partition coefficient (Wildman–Crippen LogP) is 3.75. The van der Waals surface area contributed by atoms with Crippen molar-refractivity contribution in [3.05, 3.63) is 70.0 Å². The molecule has 7 heteroatoms. The Balaban J connectivity index is 1.90. The van der Waals surface area contributed by atoms with Gasteiger partial charge in [0.15, 0.2) is 0 Å². The molecule has 0 aliphatic carbocycles. The number of aromatic nitrogens is 3. The van der Waals surface area contributed by atoms with E-state index in [2.05, 4.69) is 9.97 Å². The number of alkyl halides is 3. The first kappa shape index (κ1) is 15.6. The maximum Gasteiger partial charge on any atom is 0.416 e. The van der Waals surface area contributed by atoms with Gasteiger partial charge in [-0.05, 0) is 47.9 Å². The summed E-state index contributed by atoms with van der Waals surface area (Å²) in [5, 5.41) is 0.194. The van der Waals surface area contributed by atoms with Gasteiger partial charge in [0.2, 0.25) is 0 Å². The fourth-order valence-electron chi connectivity index (χ4n) is 2.99. The van der Waals surface area contributed by atoms with E-state index in [1.165, 1.54) is 10.6 Å². The molecule has 0 fully saturated rings. The van der Waals surface area contributed by atoms with Crippen molar-refractivity contribution in [2.24, 2.45) is 0 Å². The van der Waals surface area contributed by atoms with Crippen LogP contribution in [0.3, 0.4) is 0 Å². The Morgan fingerprint density at radius 1 is 1.20 bits per heavy atom. The van der Waals surface area contributed by atoms with Crippen LogP contribution in [0.2, 0.25) is 0 Å². The Morgan fingerprint density at radius 3 is 2.76 bits per heavy atom. The number of hydrogen-bond donors (Lipinski definition) is 0. The van der Waals surface area contributed by atoms with Gasteiger partial charge in [0.25, 0.3) is 5.56 Å². The van der Waals surface area contributed by atoms with Gasteiger partial charge in [-0.25, -0.2) is 4.98 Å². The highest BCUT2D eigenvalue weighted by atomic mass is 19.4. The van der Waals surface area contributed by atoms with Crippen LogP contribution in [0, 0.1) is 0 Å². The first-order valence-corrected chi connectivity index (χ1v) is 7.66. The topological polar surface area (TPSA) is 47.8 Å². The van der Waals surface area contributed by atoms with Gasteiger partial charge in [-0.1, -0.05) is 6.07 Å². The third kappa shape index (κ3) is 2.71. The molecular formula is C18H12F3N3O. The van der Waals surface area contributed by atoms with Crippen molar-refractivity contribution in [2.75, 3.05) is 0 Å². The monoisotopic (exact) mass is 343 g/mol. The number of allylic oxidation sites excluding steroid dienone is 1. The zero-order chi connectivity index (χ0) is 17.6. The first-order valence-electron chi connectivity index (χ1n) is 7.66. The third-order valence-electron chi connectivity index (χ3n) is 4.20. The lowest BCUT2D eigenvalue weighted by molar-refractivity contribution is -0.137. The second-order valence-electron chi connectivity index (χ2n) is 5.83. The lowest BCUT2D eigenvalue weighted by Crippen LogP contribution is -2.21. The number of fused-ring (bicyclic) bond motifs is 2. The molecule has 0 saturated heterocycles. The molecule has 1 aliphatic rings. The normalized spacial score (nSPS) is 15.7. The van der Waals surface area contributed by atoms with Gasteiger partial charge >= 0.3 is 6.18 Å². The Bertz CT molecular complexity index is 1050. The second-order valence-corrected chi connectivity index (χ2v) is 5.83. The van der Waals surface area contributed by atoms with E-state index >= 15 is 0 Å². The van der Waals surface area contributed by atoms with Crippen LogP contribution in [0.5, 0.6) is 0 Å². The zero-order valence-electron chi connectivity index (χ0n) is 12.9. The Morgan fingerprint density at radius 2 is 2.04 bits per heavy atom. The predicted molar refractivity (Wildman–Crippen MR) is 87.7 cm³/mol. The Hall–Kier alpha value is -2.96. The molecule has 25 heavy (non-hydrogen) atoms. The molecule has 126 valence electrons. The van der Waals surface area contributed by atoms with E-state index in [0.29, 0.717) is 18.8 Å². The molecule has 0 amide bonds. The van der Waals surface area contributed by atoms with E-state index in [9.17, 15) is 18.0 Å². The lowest BCUT2D eigenvalue weighted by Gasteiger charge is -2.09. The standard InChI is InChI=1S/C18H12F3N3O/c19-18(20,21)13-3-4-14-15(9-13)23-16-12(5-7-24(16)17(14)25)8-11-2-1-6-22-10-11/h1-4,6,8-10H,5,7H2/b12-8-. The minimum absolute atomic E-state index is 0.0602. The quantitative estimate of drug-likeness (QED) is 0.676. The first-order chi connectivity index (χ1) is 11.9. The fourth-order valence-corrected chi connectivity index (χ4v) is 2.99.